The number of urea groups is 1. The van der Waals surface area contributed by atoms with Crippen LogP contribution in [-0.4, -0.2) is 22.6 Å². The van der Waals surface area contributed by atoms with E-state index in [1.54, 1.807) is 6.07 Å². The minimum Gasteiger partial charge on any atom is -0.480 e. The van der Waals surface area contributed by atoms with E-state index in [2.05, 4.69) is 10.6 Å². The van der Waals surface area contributed by atoms with Gasteiger partial charge in [-0.25, -0.2) is 9.59 Å². The first-order valence-electron chi connectivity index (χ1n) is 6.87. The summed E-state index contributed by atoms with van der Waals surface area (Å²) in [4.78, 5) is 23.3. The molecule has 0 radical (unpaired) electrons. The lowest BCUT2D eigenvalue weighted by Gasteiger charge is -2.33. The SMILES string of the molecule is Cc1ccc(CNC(=O)NC2(C(=O)O)CCCCC2)o1. The Balaban J connectivity index is 1.90. The van der Waals surface area contributed by atoms with Crippen molar-refractivity contribution in [2.24, 2.45) is 0 Å². The molecule has 1 saturated carbocycles. The smallest absolute Gasteiger partial charge is 0.329 e. The molecule has 1 fully saturated rings. The molecule has 2 rings (SSSR count). The molecule has 0 unspecified atom stereocenters. The maximum absolute atomic E-state index is 11.9. The zero-order chi connectivity index (χ0) is 14.6. The summed E-state index contributed by atoms with van der Waals surface area (Å²) >= 11 is 0. The average molecular weight is 280 g/mol. The van der Waals surface area contributed by atoms with Crippen LogP contribution in [0.25, 0.3) is 0 Å². The number of rotatable bonds is 4. The molecule has 1 heterocycles. The van der Waals surface area contributed by atoms with Crippen molar-refractivity contribution in [3.8, 4) is 0 Å². The molecule has 0 bridgehead atoms. The van der Waals surface area contributed by atoms with Crippen molar-refractivity contribution in [2.45, 2.75) is 51.1 Å². The Morgan fingerprint density at radius 3 is 2.55 bits per heavy atom. The van der Waals surface area contributed by atoms with E-state index in [4.69, 9.17) is 4.42 Å². The molecule has 2 amide bonds. The van der Waals surface area contributed by atoms with Gasteiger partial charge in [-0.1, -0.05) is 19.3 Å². The summed E-state index contributed by atoms with van der Waals surface area (Å²) in [6, 6.07) is 3.13. The van der Waals surface area contributed by atoms with E-state index in [1.165, 1.54) is 0 Å². The number of hydrogen-bond donors (Lipinski definition) is 3. The zero-order valence-electron chi connectivity index (χ0n) is 11.6. The predicted octanol–water partition coefficient (Wildman–Crippen LogP) is 2.17. The normalized spacial score (nSPS) is 17.4. The lowest BCUT2D eigenvalue weighted by atomic mass is 9.82. The fourth-order valence-electron chi connectivity index (χ4n) is 2.56. The molecule has 0 aliphatic heterocycles. The molecule has 6 nitrogen and oxygen atoms in total. The predicted molar refractivity (Wildman–Crippen MR) is 72.3 cm³/mol. The summed E-state index contributed by atoms with van der Waals surface area (Å²) in [5.41, 5.74) is -1.12. The Morgan fingerprint density at radius 2 is 2.00 bits per heavy atom. The number of carbonyl (C=O) groups excluding carboxylic acids is 1. The Labute approximate surface area is 117 Å². The van der Waals surface area contributed by atoms with Gasteiger partial charge in [0.1, 0.15) is 17.1 Å². The third kappa shape index (κ3) is 3.31. The van der Waals surface area contributed by atoms with Gasteiger partial charge in [-0.2, -0.15) is 0 Å². The average Bonchev–Trinajstić information content (AvgIpc) is 2.83. The van der Waals surface area contributed by atoms with Crippen molar-refractivity contribution in [1.29, 1.82) is 0 Å². The van der Waals surface area contributed by atoms with Crippen LogP contribution in [0.5, 0.6) is 0 Å². The van der Waals surface area contributed by atoms with Crippen molar-refractivity contribution in [3.05, 3.63) is 23.7 Å². The van der Waals surface area contributed by atoms with Crippen molar-refractivity contribution in [3.63, 3.8) is 0 Å². The van der Waals surface area contributed by atoms with E-state index < -0.39 is 17.5 Å². The molecule has 0 aromatic carbocycles. The standard InChI is InChI=1S/C14H20N2O4/c1-10-5-6-11(20-10)9-15-13(19)16-14(12(17)18)7-3-2-4-8-14/h5-6H,2-4,7-9H2,1H3,(H,17,18)(H2,15,16,19). The molecular formula is C14H20N2O4. The molecule has 0 atom stereocenters. The number of amides is 2. The molecule has 1 aliphatic carbocycles. The Hall–Kier alpha value is -1.98. The lowest BCUT2D eigenvalue weighted by Crippen LogP contribution is -2.57. The van der Waals surface area contributed by atoms with E-state index >= 15 is 0 Å². The number of carboxylic acid groups (broad SMARTS) is 1. The van der Waals surface area contributed by atoms with Gasteiger partial charge in [0.05, 0.1) is 6.54 Å². The van der Waals surface area contributed by atoms with Crippen LogP contribution in [0.3, 0.4) is 0 Å². The van der Waals surface area contributed by atoms with Crippen LogP contribution in [0.15, 0.2) is 16.5 Å². The molecule has 20 heavy (non-hydrogen) atoms. The van der Waals surface area contributed by atoms with Crippen LogP contribution >= 0.6 is 0 Å². The molecule has 0 spiro atoms. The second kappa shape index (κ2) is 5.98. The summed E-state index contributed by atoms with van der Waals surface area (Å²) < 4.78 is 5.34. The monoisotopic (exact) mass is 280 g/mol. The zero-order valence-corrected chi connectivity index (χ0v) is 11.6. The number of nitrogens with one attached hydrogen (secondary N) is 2. The van der Waals surface area contributed by atoms with E-state index in [9.17, 15) is 14.7 Å². The van der Waals surface area contributed by atoms with Gasteiger partial charge in [0.25, 0.3) is 0 Å². The van der Waals surface area contributed by atoms with Gasteiger partial charge in [-0.15, -0.1) is 0 Å². The number of aryl methyl sites for hydroxylation is 1. The third-order valence-corrected chi connectivity index (χ3v) is 3.69. The molecule has 1 aromatic rings. The highest BCUT2D eigenvalue weighted by Gasteiger charge is 2.40. The first-order chi connectivity index (χ1) is 9.52. The molecule has 6 heteroatoms. The number of hydrogen-bond acceptors (Lipinski definition) is 3. The summed E-state index contributed by atoms with van der Waals surface area (Å²) in [7, 11) is 0. The van der Waals surface area contributed by atoms with Crippen LogP contribution in [0.2, 0.25) is 0 Å². The number of carboxylic acids is 1. The number of furan rings is 1. The van der Waals surface area contributed by atoms with Crippen LogP contribution < -0.4 is 10.6 Å². The number of aliphatic carboxylic acids is 1. The lowest BCUT2D eigenvalue weighted by molar-refractivity contribution is -0.145. The first kappa shape index (κ1) is 14.4. The largest absolute Gasteiger partial charge is 0.480 e. The molecular weight excluding hydrogens is 260 g/mol. The summed E-state index contributed by atoms with van der Waals surface area (Å²) in [5.74, 6) is 0.461. The van der Waals surface area contributed by atoms with E-state index in [-0.39, 0.29) is 6.54 Å². The molecule has 3 N–H and O–H groups in total. The highest BCUT2D eigenvalue weighted by Crippen LogP contribution is 2.28. The van der Waals surface area contributed by atoms with Crippen LogP contribution in [0, 0.1) is 6.92 Å². The fraction of sp³-hybridized carbons (Fsp3) is 0.571. The second-order valence-corrected chi connectivity index (χ2v) is 5.27. The van der Waals surface area contributed by atoms with Gasteiger partial charge in [0.15, 0.2) is 0 Å². The van der Waals surface area contributed by atoms with E-state index in [0.29, 0.717) is 18.6 Å². The third-order valence-electron chi connectivity index (χ3n) is 3.69. The molecule has 1 aromatic heterocycles. The maximum atomic E-state index is 11.9. The van der Waals surface area contributed by atoms with E-state index in [1.807, 2.05) is 13.0 Å². The minimum atomic E-state index is -1.12. The van der Waals surface area contributed by atoms with Crippen molar-refractivity contribution in [2.75, 3.05) is 0 Å². The van der Waals surface area contributed by atoms with Gasteiger partial charge in [0.2, 0.25) is 0 Å². The maximum Gasteiger partial charge on any atom is 0.329 e. The Bertz CT molecular complexity index is 489. The van der Waals surface area contributed by atoms with Crippen LogP contribution in [-0.2, 0) is 11.3 Å². The summed E-state index contributed by atoms with van der Waals surface area (Å²) in [6.07, 6.45) is 3.63. The highest BCUT2D eigenvalue weighted by molar-refractivity contribution is 5.86. The van der Waals surface area contributed by atoms with Gasteiger partial charge in [-0.3, -0.25) is 0 Å². The van der Waals surface area contributed by atoms with Crippen molar-refractivity contribution < 1.29 is 19.1 Å². The molecule has 1 aliphatic rings. The summed E-state index contributed by atoms with van der Waals surface area (Å²) in [6.45, 7) is 2.07. The van der Waals surface area contributed by atoms with Gasteiger partial charge in [0, 0.05) is 0 Å². The highest BCUT2D eigenvalue weighted by atomic mass is 16.4. The Morgan fingerprint density at radius 1 is 1.30 bits per heavy atom. The van der Waals surface area contributed by atoms with Crippen LogP contribution in [0.4, 0.5) is 4.79 Å². The van der Waals surface area contributed by atoms with E-state index in [0.717, 1.165) is 25.0 Å². The second-order valence-electron chi connectivity index (χ2n) is 5.27. The first-order valence-corrected chi connectivity index (χ1v) is 6.87. The molecule has 110 valence electrons. The number of carbonyl (C=O) groups is 2. The van der Waals surface area contributed by atoms with Gasteiger partial charge >= 0.3 is 12.0 Å². The fourth-order valence-corrected chi connectivity index (χ4v) is 2.56. The van der Waals surface area contributed by atoms with Gasteiger partial charge in [-0.05, 0) is 31.9 Å². The topological polar surface area (TPSA) is 91.6 Å². The Kier molecular flexibility index (Phi) is 4.32. The van der Waals surface area contributed by atoms with Crippen molar-refractivity contribution in [1.82, 2.24) is 10.6 Å². The van der Waals surface area contributed by atoms with Crippen molar-refractivity contribution >= 4 is 12.0 Å². The molecule has 0 saturated heterocycles. The van der Waals surface area contributed by atoms with Crippen LogP contribution in [0.1, 0.15) is 43.6 Å². The minimum absolute atomic E-state index is 0.245. The summed E-state index contributed by atoms with van der Waals surface area (Å²) in [5, 5.41) is 14.6. The quantitative estimate of drug-likeness (QED) is 0.788. The van der Waals surface area contributed by atoms with Gasteiger partial charge < -0.3 is 20.2 Å².